The predicted molar refractivity (Wildman–Crippen MR) is 115 cm³/mol. The Kier molecular flexibility index (Phi) is 6.85. The van der Waals surface area contributed by atoms with Crippen molar-refractivity contribution in [3.8, 4) is 5.75 Å². The maximum Gasteiger partial charge on any atom is 0.261 e. The molecule has 0 aliphatic carbocycles. The highest BCUT2D eigenvalue weighted by Gasteiger charge is 2.34. The maximum absolute atomic E-state index is 13.0. The Bertz CT molecular complexity index is 973. The number of hydrogen-bond donors (Lipinski definition) is 0. The number of halogens is 1. The fourth-order valence-corrected chi connectivity index (χ4v) is 5.47. The van der Waals surface area contributed by atoms with Crippen LogP contribution in [-0.4, -0.2) is 43.4 Å². The molecule has 1 aliphatic rings. The van der Waals surface area contributed by atoms with E-state index in [2.05, 4.69) is 6.92 Å². The van der Waals surface area contributed by atoms with Crippen LogP contribution in [0.5, 0.6) is 5.75 Å². The van der Waals surface area contributed by atoms with Crippen molar-refractivity contribution >= 4 is 27.3 Å². The third kappa shape index (κ3) is 5.73. The van der Waals surface area contributed by atoms with E-state index in [0.29, 0.717) is 23.7 Å². The van der Waals surface area contributed by atoms with Crippen molar-refractivity contribution < 1.29 is 17.9 Å². The number of aryl methyl sites for hydroxylation is 2. The van der Waals surface area contributed by atoms with E-state index >= 15 is 0 Å². The molecule has 3 rings (SSSR count). The van der Waals surface area contributed by atoms with Gasteiger partial charge in [0.25, 0.3) is 5.91 Å². The first-order valence-corrected chi connectivity index (χ1v) is 11.9. The van der Waals surface area contributed by atoms with Crippen molar-refractivity contribution in [3.63, 3.8) is 0 Å². The van der Waals surface area contributed by atoms with Crippen molar-refractivity contribution in [2.75, 3.05) is 18.1 Å². The van der Waals surface area contributed by atoms with Gasteiger partial charge in [0.15, 0.2) is 16.4 Å². The molecule has 7 heteroatoms. The van der Waals surface area contributed by atoms with Crippen molar-refractivity contribution in [1.82, 2.24) is 4.90 Å². The van der Waals surface area contributed by atoms with E-state index in [0.717, 1.165) is 17.5 Å². The lowest BCUT2D eigenvalue weighted by Gasteiger charge is -2.28. The van der Waals surface area contributed by atoms with Gasteiger partial charge in [-0.1, -0.05) is 42.8 Å². The molecule has 2 aromatic rings. The van der Waals surface area contributed by atoms with Crippen LogP contribution in [0, 0.1) is 6.92 Å². The molecule has 1 aliphatic heterocycles. The third-order valence-electron chi connectivity index (χ3n) is 5.24. The summed E-state index contributed by atoms with van der Waals surface area (Å²) >= 11 is 5.97. The summed E-state index contributed by atoms with van der Waals surface area (Å²) < 4.78 is 29.7. The fraction of sp³-hybridized carbons (Fsp3) is 0.409. The first-order chi connectivity index (χ1) is 13.8. The molecular weight excluding hydrogens is 410 g/mol. The predicted octanol–water partition coefficient (Wildman–Crippen LogP) is 3.81. The zero-order valence-electron chi connectivity index (χ0n) is 16.7. The summed E-state index contributed by atoms with van der Waals surface area (Å²) in [6.45, 7) is 4.17. The van der Waals surface area contributed by atoms with Crippen LogP contribution in [-0.2, 0) is 27.6 Å². The third-order valence-corrected chi connectivity index (χ3v) is 7.23. The molecule has 1 saturated heterocycles. The van der Waals surface area contributed by atoms with Crippen molar-refractivity contribution in [3.05, 3.63) is 64.2 Å². The molecule has 0 aromatic heterocycles. The minimum absolute atomic E-state index is 0.00571. The van der Waals surface area contributed by atoms with Crippen LogP contribution in [0.25, 0.3) is 0 Å². The molecule has 0 bridgehead atoms. The second-order valence-corrected chi connectivity index (χ2v) is 10.1. The molecule has 1 atom stereocenters. The second-order valence-electron chi connectivity index (χ2n) is 7.45. The molecule has 0 radical (unpaired) electrons. The molecule has 5 nitrogen and oxygen atoms in total. The maximum atomic E-state index is 13.0. The summed E-state index contributed by atoms with van der Waals surface area (Å²) in [4.78, 5) is 14.6. The highest BCUT2D eigenvalue weighted by Crippen LogP contribution is 2.24. The molecule has 1 heterocycles. The SMILES string of the molecule is CCc1ccc(CN(C(=O)COc2ccc(Cl)cc2C)[C@H]2CCS(=O)(=O)C2)cc1. The number of carbonyl (C=O) groups is 1. The zero-order valence-corrected chi connectivity index (χ0v) is 18.3. The van der Waals surface area contributed by atoms with E-state index in [9.17, 15) is 13.2 Å². The minimum Gasteiger partial charge on any atom is -0.483 e. The minimum atomic E-state index is -3.10. The van der Waals surface area contributed by atoms with E-state index < -0.39 is 9.84 Å². The number of benzene rings is 2. The molecule has 1 amide bonds. The summed E-state index contributed by atoms with van der Waals surface area (Å²) in [5.74, 6) is 0.495. The molecular formula is C22H26ClNO4S. The Balaban J connectivity index is 1.75. The highest BCUT2D eigenvalue weighted by atomic mass is 35.5. The van der Waals surface area contributed by atoms with Crippen molar-refractivity contribution in [2.24, 2.45) is 0 Å². The molecule has 0 spiro atoms. The van der Waals surface area contributed by atoms with Crippen molar-refractivity contribution in [1.29, 1.82) is 0 Å². The number of carbonyl (C=O) groups excluding carboxylic acids is 1. The molecule has 0 saturated carbocycles. The van der Waals surface area contributed by atoms with Crippen LogP contribution >= 0.6 is 11.6 Å². The van der Waals surface area contributed by atoms with E-state index in [1.807, 2.05) is 31.2 Å². The Labute approximate surface area is 177 Å². The van der Waals surface area contributed by atoms with Gasteiger partial charge in [-0.3, -0.25) is 4.79 Å². The smallest absolute Gasteiger partial charge is 0.261 e. The van der Waals surface area contributed by atoms with Crippen LogP contribution in [0.4, 0.5) is 0 Å². The van der Waals surface area contributed by atoms with E-state index in [-0.39, 0.29) is 30.1 Å². The fourth-order valence-electron chi connectivity index (χ4n) is 3.52. The van der Waals surface area contributed by atoms with Gasteiger partial charge in [0.1, 0.15) is 5.75 Å². The first kappa shape index (κ1) is 21.7. The van der Waals surface area contributed by atoms with Crippen LogP contribution in [0.1, 0.15) is 30.0 Å². The van der Waals surface area contributed by atoms with Gasteiger partial charge >= 0.3 is 0 Å². The van der Waals surface area contributed by atoms with Crippen LogP contribution in [0.2, 0.25) is 5.02 Å². The highest BCUT2D eigenvalue weighted by molar-refractivity contribution is 7.91. The first-order valence-electron chi connectivity index (χ1n) is 9.74. The number of nitrogens with zero attached hydrogens (tertiary/aromatic N) is 1. The monoisotopic (exact) mass is 435 g/mol. The Morgan fingerprint density at radius 3 is 2.45 bits per heavy atom. The molecule has 29 heavy (non-hydrogen) atoms. The van der Waals surface area contributed by atoms with Gasteiger partial charge in [0.05, 0.1) is 11.5 Å². The van der Waals surface area contributed by atoms with Gasteiger partial charge in [-0.05, 0) is 54.7 Å². The average Bonchev–Trinajstić information content (AvgIpc) is 3.05. The largest absolute Gasteiger partial charge is 0.483 e. The molecule has 0 unspecified atom stereocenters. The number of sulfone groups is 1. The molecule has 156 valence electrons. The van der Waals surface area contributed by atoms with E-state index in [1.54, 1.807) is 23.1 Å². The summed E-state index contributed by atoms with van der Waals surface area (Å²) in [5.41, 5.74) is 3.04. The number of amides is 1. The van der Waals surface area contributed by atoms with E-state index in [1.165, 1.54) is 5.56 Å². The summed E-state index contributed by atoms with van der Waals surface area (Å²) in [6.07, 6.45) is 1.40. The van der Waals surface area contributed by atoms with Gasteiger partial charge in [-0.25, -0.2) is 8.42 Å². The Morgan fingerprint density at radius 1 is 1.17 bits per heavy atom. The lowest BCUT2D eigenvalue weighted by Crippen LogP contribution is -2.43. The van der Waals surface area contributed by atoms with E-state index in [4.69, 9.17) is 16.3 Å². The van der Waals surface area contributed by atoms with Crippen LogP contribution in [0.15, 0.2) is 42.5 Å². The average molecular weight is 436 g/mol. The van der Waals surface area contributed by atoms with Gasteiger partial charge < -0.3 is 9.64 Å². The Hall–Kier alpha value is -2.05. The van der Waals surface area contributed by atoms with Gasteiger partial charge in [0, 0.05) is 17.6 Å². The molecule has 0 N–H and O–H groups in total. The number of ether oxygens (including phenoxy) is 1. The summed E-state index contributed by atoms with van der Waals surface area (Å²) in [7, 11) is -3.10. The van der Waals surface area contributed by atoms with Gasteiger partial charge in [-0.15, -0.1) is 0 Å². The lowest BCUT2D eigenvalue weighted by molar-refractivity contribution is -0.136. The van der Waals surface area contributed by atoms with Gasteiger partial charge in [0.2, 0.25) is 0 Å². The summed E-state index contributed by atoms with van der Waals surface area (Å²) in [5, 5.41) is 0.606. The summed E-state index contributed by atoms with van der Waals surface area (Å²) in [6, 6.07) is 13.0. The zero-order chi connectivity index (χ0) is 21.0. The van der Waals surface area contributed by atoms with Crippen molar-refractivity contribution in [2.45, 2.75) is 39.3 Å². The van der Waals surface area contributed by atoms with Crippen LogP contribution in [0.3, 0.4) is 0 Å². The number of hydrogen-bond acceptors (Lipinski definition) is 4. The Morgan fingerprint density at radius 2 is 1.86 bits per heavy atom. The standard InChI is InChI=1S/C22H26ClNO4S/c1-3-17-4-6-18(7-5-17)13-24(20-10-11-29(26,27)15-20)22(25)14-28-21-9-8-19(23)12-16(21)2/h4-9,12,20H,3,10-11,13-15H2,1-2H3/t20-/m0/s1. The van der Waals surface area contributed by atoms with Crippen LogP contribution < -0.4 is 4.74 Å². The normalized spacial score (nSPS) is 17.8. The number of rotatable bonds is 7. The topological polar surface area (TPSA) is 63.7 Å². The molecule has 1 fully saturated rings. The second kappa shape index (κ2) is 9.18. The lowest BCUT2D eigenvalue weighted by atomic mass is 10.1. The molecule has 2 aromatic carbocycles. The quantitative estimate of drug-likeness (QED) is 0.663. The van der Waals surface area contributed by atoms with Gasteiger partial charge in [-0.2, -0.15) is 0 Å².